The van der Waals surface area contributed by atoms with Crippen LogP contribution in [0, 0.1) is 0 Å². The number of hydrogen-bond acceptors (Lipinski definition) is 8. The summed E-state index contributed by atoms with van der Waals surface area (Å²) < 4.78 is 11.5. The highest BCUT2D eigenvalue weighted by atomic mass is 16.6. The Hall–Kier alpha value is -4.18. The largest absolute Gasteiger partial charge is 0.463 e. The van der Waals surface area contributed by atoms with Gasteiger partial charge in [0.1, 0.15) is 11.6 Å². The fraction of sp³-hybridized carbons (Fsp3) is 0.280. The number of carbonyl (C=O) groups excluding carboxylic acids is 3. The van der Waals surface area contributed by atoms with E-state index in [1.54, 1.807) is 13.8 Å². The Morgan fingerprint density at radius 1 is 0.914 bits per heavy atom. The summed E-state index contributed by atoms with van der Waals surface area (Å²) in [7, 11) is 0. The highest BCUT2D eigenvalue weighted by Gasteiger charge is 2.51. The number of imidazole rings is 1. The molecule has 0 unspecified atom stereocenters. The molecule has 0 spiro atoms. The van der Waals surface area contributed by atoms with E-state index < -0.39 is 23.6 Å². The zero-order chi connectivity index (χ0) is 25.3. The van der Waals surface area contributed by atoms with Crippen molar-refractivity contribution < 1.29 is 23.9 Å². The molecule has 0 saturated carbocycles. The first kappa shape index (κ1) is 25.4. The Labute approximate surface area is 203 Å². The number of benzene rings is 2. The van der Waals surface area contributed by atoms with E-state index in [4.69, 9.17) is 15.2 Å². The lowest BCUT2D eigenvalue weighted by Crippen LogP contribution is -2.70. The number of anilines is 1. The van der Waals surface area contributed by atoms with E-state index in [-0.39, 0.29) is 25.6 Å². The molecule has 35 heavy (non-hydrogen) atoms. The van der Waals surface area contributed by atoms with Crippen LogP contribution < -0.4 is 16.4 Å². The molecule has 184 valence electrons. The van der Waals surface area contributed by atoms with Crippen molar-refractivity contribution in [3.8, 4) is 0 Å². The molecule has 0 saturated heterocycles. The van der Waals surface area contributed by atoms with Crippen LogP contribution in [0.1, 0.15) is 30.8 Å². The molecule has 0 aliphatic carbocycles. The molecule has 10 heteroatoms. The van der Waals surface area contributed by atoms with Gasteiger partial charge in [-0.25, -0.2) is 19.4 Å². The Morgan fingerprint density at radius 3 is 2.00 bits per heavy atom. The van der Waals surface area contributed by atoms with Crippen LogP contribution >= 0.6 is 0 Å². The summed E-state index contributed by atoms with van der Waals surface area (Å²) in [5.41, 5.74) is 5.24. The number of amides is 1. The van der Waals surface area contributed by atoms with E-state index in [1.807, 2.05) is 60.7 Å². The molecule has 0 aliphatic heterocycles. The first-order chi connectivity index (χ1) is 16.9. The smallest absolute Gasteiger partial charge is 0.359 e. The van der Waals surface area contributed by atoms with Crippen LogP contribution in [0.25, 0.3) is 0 Å². The average molecular weight is 480 g/mol. The van der Waals surface area contributed by atoms with E-state index in [2.05, 4.69) is 15.6 Å². The minimum absolute atomic E-state index is 0.0137. The molecule has 0 fully saturated rings. The predicted molar refractivity (Wildman–Crippen MR) is 129 cm³/mol. The quantitative estimate of drug-likeness (QED) is 0.229. The van der Waals surface area contributed by atoms with Gasteiger partial charge in [-0.1, -0.05) is 60.7 Å². The Kier molecular flexibility index (Phi) is 8.58. The second kappa shape index (κ2) is 11.8. The van der Waals surface area contributed by atoms with Gasteiger partial charge in [-0.05, 0) is 25.0 Å². The SMILES string of the molecule is CCOC(=O)C(NCc1ccccc1)(NC(=O)n1cc(N)nc1Cc1ccccc1)C(=O)OCC. The van der Waals surface area contributed by atoms with Gasteiger partial charge in [-0.15, -0.1) is 0 Å². The molecule has 3 rings (SSSR count). The summed E-state index contributed by atoms with van der Waals surface area (Å²) in [6, 6.07) is 17.7. The monoisotopic (exact) mass is 479 g/mol. The molecule has 0 radical (unpaired) electrons. The molecule has 1 heterocycles. The summed E-state index contributed by atoms with van der Waals surface area (Å²) in [6.45, 7) is 3.24. The maximum atomic E-state index is 13.4. The van der Waals surface area contributed by atoms with E-state index in [0.717, 1.165) is 11.1 Å². The van der Waals surface area contributed by atoms with Crippen molar-refractivity contribution in [3.63, 3.8) is 0 Å². The number of hydrogen-bond donors (Lipinski definition) is 3. The van der Waals surface area contributed by atoms with Crippen LogP contribution in [-0.4, -0.2) is 46.4 Å². The molecule has 4 N–H and O–H groups in total. The maximum Gasteiger partial charge on any atom is 0.359 e. The lowest BCUT2D eigenvalue weighted by Gasteiger charge is -2.31. The average Bonchev–Trinajstić information content (AvgIpc) is 3.23. The van der Waals surface area contributed by atoms with Crippen molar-refractivity contribution in [2.24, 2.45) is 0 Å². The summed E-state index contributed by atoms with van der Waals surface area (Å²) in [5.74, 6) is -1.56. The second-order valence-electron chi connectivity index (χ2n) is 7.57. The van der Waals surface area contributed by atoms with E-state index >= 15 is 0 Å². The van der Waals surface area contributed by atoms with Gasteiger partial charge >= 0.3 is 18.0 Å². The first-order valence-corrected chi connectivity index (χ1v) is 11.2. The second-order valence-corrected chi connectivity index (χ2v) is 7.57. The number of nitrogens with zero attached hydrogens (tertiary/aromatic N) is 2. The van der Waals surface area contributed by atoms with Crippen molar-refractivity contribution in [1.82, 2.24) is 20.2 Å². The number of rotatable bonds is 10. The van der Waals surface area contributed by atoms with Crippen molar-refractivity contribution in [2.45, 2.75) is 32.5 Å². The van der Waals surface area contributed by atoms with E-state index in [1.165, 1.54) is 10.8 Å². The van der Waals surface area contributed by atoms with Gasteiger partial charge in [-0.3, -0.25) is 15.2 Å². The molecular formula is C25H29N5O5. The highest BCUT2D eigenvalue weighted by Crippen LogP contribution is 2.15. The molecule has 1 aromatic heterocycles. The summed E-state index contributed by atoms with van der Waals surface area (Å²) >= 11 is 0. The van der Waals surface area contributed by atoms with Gasteiger partial charge in [0.05, 0.1) is 19.4 Å². The van der Waals surface area contributed by atoms with Crippen LogP contribution in [0.15, 0.2) is 66.9 Å². The molecule has 2 aromatic carbocycles. The molecule has 0 bridgehead atoms. The van der Waals surface area contributed by atoms with Crippen LogP contribution in [0.4, 0.5) is 10.6 Å². The number of nitrogen functional groups attached to an aromatic ring is 1. The Balaban J connectivity index is 1.96. The number of ether oxygens (including phenoxy) is 2. The lowest BCUT2D eigenvalue weighted by molar-refractivity contribution is -0.168. The minimum Gasteiger partial charge on any atom is -0.463 e. The Morgan fingerprint density at radius 2 is 1.46 bits per heavy atom. The summed E-state index contributed by atoms with van der Waals surface area (Å²) in [5, 5.41) is 5.34. The standard InChI is InChI=1S/C25H29N5O5/c1-3-34-22(31)25(23(32)35-4-2,27-16-19-13-9-6-10-14-19)29-24(33)30-17-20(26)28-21(30)15-18-11-7-5-8-12-18/h5-14,17,27H,3-4,15-16,26H2,1-2H3,(H,29,33). The minimum atomic E-state index is -2.30. The van der Waals surface area contributed by atoms with Crippen LogP contribution in [0.5, 0.6) is 0 Å². The molecule has 0 atom stereocenters. The fourth-order valence-corrected chi connectivity index (χ4v) is 3.42. The molecule has 1 amide bonds. The zero-order valence-electron chi connectivity index (χ0n) is 19.7. The number of nitrogens with two attached hydrogens (primary N) is 1. The van der Waals surface area contributed by atoms with Gasteiger partial charge in [0.2, 0.25) is 0 Å². The van der Waals surface area contributed by atoms with Gasteiger partial charge in [0.15, 0.2) is 0 Å². The molecule has 10 nitrogen and oxygen atoms in total. The number of carbonyl (C=O) groups is 3. The van der Waals surface area contributed by atoms with E-state index in [9.17, 15) is 14.4 Å². The third-order valence-electron chi connectivity index (χ3n) is 5.08. The van der Waals surface area contributed by atoms with Crippen LogP contribution in [-0.2, 0) is 32.0 Å². The normalized spacial score (nSPS) is 11.0. The number of aromatic nitrogens is 2. The zero-order valence-corrected chi connectivity index (χ0v) is 19.7. The molecular weight excluding hydrogens is 450 g/mol. The lowest BCUT2D eigenvalue weighted by atomic mass is 10.1. The topological polar surface area (TPSA) is 138 Å². The van der Waals surface area contributed by atoms with Crippen molar-refractivity contribution in [2.75, 3.05) is 18.9 Å². The highest BCUT2D eigenvalue weighted by molar-refractivity contribution is 6.07. The fourth-order valence-electron chi connectivity index (χ4n) is 3.42. The van der Waals surface area contributed by atoms with Gasteiger partial charge < -0.3 is 15.2 Å². The number of nitrogens with one attached hydrogen (secondary N) is 2. The van der Waals surface area contributed by atoms with E-state index in [0.29, 0.717) is 12.2 Å². The predicted octanol–water partition coefficient (Wildman–Crippen LogP) is 2.23. The van der Waals surface area contributed by atoms with Gasteiger partial charge in [0.25, 0.3) is 5.66 Å². The maximum absolute atomic E-state index is 13.4. The van der Waals surface area contributed by atoms with Crippen LogP contribution in [0.2, 0.25) is 0 Å². The summed E-state index contributed by atoms with van der Waals surface area (Å²) in [4.78, 5) is 43.9. The van der Waals surface area contributed by atoms with Crippen molar-refractivity contribution >= 4 is 23.8 Å². The van der Waals surface area contributed by atoms with Crippen molar-refractivity contribution in [1.29, 1.82) is 0 Å². The van der Waals surface area contributed by atoms with Gasteiger partial charge in [0, 0.05) is 13.0 Å². The molecule has 3 aromatic rings. The Bertz CT molecular complexity index is 1130. The first-order valence-electron chi connectivity index (χ1n) is 11.2. The summed E-state index contributed by atoms with van der Waals surface area (Å²) in [6.07, 6.45) is 1.63. The third-order valence-corrected chi connectivity index (χ3v) is 5.08. The van der Waals surface area contributed by atoms with Crippen molar-refractivity contribution in [3.05, 3.63) is 83.8 Å². The number of esters is 2. The third kappa shape index (κ3) is 6.24. The van der Waals surface area contributed by atoms with Gasteiger partial charge in [-0.2, -0.15) is 0 Å². The van der Waals surface area contributed by atoms with Crippen LogP contribution in [0.3, 0.4) is 0 Å². The molecule has 0 aliphatic rings.